The monoisotopic (exact) mass is 1270 g/mol. The second-order valence-electron chi connectivity index (χ2n) is 25.2. The Morgan fingerprint density at radius 3 is 1.27 bits per heavy atom. The lowest BCUT2D eigenvalue weighted by atomic mass is 9.73. The number of aromatic nitrogens is 1. The van der Waals surface area contributed by atoms with Gasteiger partial charge in [0.05, 0.1) is 63.9 Å². The van der Waals surface area contributed by atoms with Gasteiger partial charge in [0, 0.05) is 99.2 Å². The van der Waals surface area contributed by atoms with Gasteiger partial charge in [-0.1, -0.05) is 176 Å². The van der Waals surface area contributed by atoms with Crippen molar-refractivity contribution in [2.45, 2.75) is 36.5 Å². The minimum absolute atomic E-state index is 0.435. The van der Waals surface area contributed by atoms with Gasteiger partial charge >= 0.3 is 0 Å². The molecule has 0 atom stereocenters. The summed E-state index contributed by atoms with van der Waals surface area (Å²) in [5.41, 5.74) is 22.7. The number of rotatable bonds is 31. The first kappa shape index (κ1) is 64.3. The van der Waals surface area contributed by atoms with Gasteiger partial charge in [0.25, 0.3) is 0 Å². The molecule has 0 aliphatic heterocycles. The number of hydrogen-bond acceptors (Lipinski definition) is 9. The molecule has 1 aromatic heterocycles. The summed E-state index contributed by atoms with van der Waals surface area (Å²) in [4.78, 5) is 2.50. The van der Waals surface area contributed by atoms with Crippen LogP contribution in [0.15, 0.2) is 243 Å². The molecule has 10 nitrogen and oxygen atoms in total. The van der Waals surface area contributed by atoms with Crippen molar-refractivity contribution in [3.8, 4) is 61.3 Å². The van der Waals surface area contributed by atoms with Crippen molar-refractivity contribution in [2.75, 3.05) is 113 Å². The van der Waals surface area contributed by atoms with E-state index in [0.717, 1.165) is 81.7 Å². The maximum atomic E-state index is 6.41. The standard InChI is InChI=1S/C86H84N2O8/c1-89-49-53-93-45-41-85(42-46-94-54-50-90-2)79-26-13-10-22-72(79)74-38-35-67(59-81(74)85)87(68-36-39-75-73-23-11-14-27-80(73)86(82(75)60-68,43-47-95-55-51-91-3)44-48-96-56-52-92-4)66-34-37-71(77(58-66)62-17-6-5-7-18-62)64-31-40-84-78(57-64)76-24-12-15-28-83(76)88(84)65-32-29-63(30-33-65)70-25-16-20-61-19-8-9-21-69(61)70/h5-40,57-60H,41-56H2,1-4H3. The minimum Gasteiger partial charge on any atom is -0.382 e. The van der Waals surface area contributed by atoms with E-state index >= 15 is 0 Å². The minimum atomic E-state index is -0.435. The molecular formula is C86H84N2O8. The summed E-state index contributed by atoms with van der Waals surface area (Å²) >= 11 is 0. The SMILES string of the molecule is COCCOCCC1(CCOCCOC)c2ccccc2-c2ccc(N(c3ccc(-c4ccc5c(c4)c4ccccc4n5-c4ccc(-c5cccc6ccccc56)cc4)c(-c4ccccc4)c3)c3ccc4c(c3)C(CCOCCOC)(CCOCCOC)c3ccccc3-4)cc21. The summed E-state index contributed by atoms with van der Waals surface area (Å²) in [7, 11) is 6.89. The molecule has 486 valence electrons. The van der Waals surface area contributed by atoms with Crippen molar-refractivity contribution in [1.82, 2.24) is 4.57 Å². The van der Waals surface area contributed by atoms with Crippen molar-refractivity contribution in [1.29, 1.82) is 0 Å². The average Bonchev–Trinajstić information content (AvgIpc) is 1.56. The summed E-state index contributed by atoms with van der Waals surface area (Å²) in [5.74, 6) is 0. The molecule has 11 aromatic carbocycles. The fourth-order valence-corrected chi connectivity index (χ4v) is 15.4. The zero-order chi connectivity index (χ0) is 65.3. The second-order valence-corrected chi connectivity index (χ2v) is 25.2. The number of ether oxygens (including phenoxy) is 8. The van der Waals surface area contributed by atoms with Gasteiger partial charge in [-0.2, -0.15) is 0 Å². The second kappa shape index (κ2) is 29.5. The normalized spacial score (nSPS) is 13.3. The van der Waals surface area contributed by atoms with Crippen LogP contribution in [0.25, 0.3) is 93.9 Å². The molecule has 2 aliphatic carbocycles. The van der Waals surface area contributed by atoms with Crippen molar-refractivity contribution in [3.05, 3.63) is 265 Å². The Bertz CT molecular complexity index is 4490. The number of methoxy groups -OCH3 is 4. The van der Waals surface area contributed by atoms with Gasteiger partial charge in [-0.15, -0.1) is 0 Å². The molecule has 96 heavy (non-hydrogen) atoms. The highest BCUT2D eigenvalue weighted by molar-refractivity contribution is 6.11. The fraction of sp³-hybridized carbons (Fsp3) is 0.256. The van der Waals surface area contributed by atoms with Gasteiger partial charge in [0.1, 0.15) is 0 Å². The molecule has 0 saturated heterocycles. The smallest absolute Gasteiger partial charge is 0.0700 e. The summed E-state index contributed by atoms with van der Waals surface area (Å²) < 4.78 is 49.9. The van der Waals surface area contributed by atoms with Gasteiger partial charge < -0.3 is 47.4 Å². The molecule has 0 amide bonds. The van der Waals surface area contributed by atoms with Crippen LogP contribution < -0.4 is 4.90 Å². The van der Waals surface area contributed by atoms with Crippen LogP contribution in [0.2, 0.25) is 0 Å². The lowest BCUT2D eigenvalue weighted by molar-refractivity contribution is 0.0490. The first-order valence-electron chi connectivity index (χ1n) is 33.8. The lowest BCUT2D eigenvalue weighted by Gasteiger charge is -2.35. The summed E-state index contributed by atoms with van der Waals surface area (Å²) in [6.07, 6.45) is 3.02. The van der Waals surface area contributed by atoms with E-state index in [1.54, 1.807) is 28.4 Å². The fourth-order valence-electron chi connectivity index (χ4n) is 15.4. The summed E-state index contributed by atoms with van der Waals surface area (Å²) in [6, 6.07) is 90.3. The highest BCUT2D eigenvalue weighted by Gasteiger charge is 2.45. The molecule has 0 radical (unpaired) electrons. The molecule has 0 fully saturated rings. The van der Waals surface area contributed by atoms with E-state index in [2.05, 4.69) is 252 Å². The van der Waals surface area contributed by atoms with E-state index in [1.165, 1.54) is 77.2 Å². The molecular weight excluding hydrogens is 1190 g/mol. The van der Waals surface area contributed by atoms with Crippen LogP contribution in [0.5, 0.6) is 0 Å². The van der Waals surface area contributed by atoms with Crippen LogP contribution in [0.1, 0.15) is 47.9 Å². The Hall–Kier alpha value is -9.04. The molecule has 0 bridgehead atoms. The van der Waals surface area contributed by atoms with Crippen LogP contribution in [-0.2, 0) is 48.7 Å². The Morgan fingerprint density at radius 2 is 0.708 bits per heavy atom. The van der Waals surface area contributed by atoms with Gasteiger partial charge in [-0.25, -0.2) is 0 Å². The Kier molecular flexibility index (Phi) is 19.8. The molecule has 2 aliphatic rings. The predicted octanol–water partition coefficient (Wildman–Crippen LogP) is 19.2. The van der Waals surface area contributed by atoms with Gasteiger partial charge in [-0.05, 0) is 181 Å². The van der Waals surface area contributed by atoms with E-state index in [0.29, 0.717) is 79.3 Å². The maximum Gasteiger partial charge on any atom is 0.0700 e. The average molecular weight is 1270 g/mol. The van der Waals surface area contributed by atoms with Gasteiger partial charge in [-0.3, -0.25) is 0 Å². The van der Waals surface area contributed by atoms with Gasteiger partial charge in [0.15, 0.2) is 0 Å². The Morgan fingerprint density at radius 1 is 0.281 bits per heavy atom. The molecule has 0 spiro atoms. The topological polar surface area (TPSA) is 82.0 Å². The van der Waals surface area contributed by atoms with E-state index in [-0.39, 0.29) is 0 Å². The van der Waals surface area contributed by atoms with Crippen LogP contribution in [-0.4, -0.2) is 112 Å². The highest BCUT2D eigenvalue weighted by atomic mass is 16.5. The van der Waals surface area contributed by atoms with Crippen LogP contribution >= 0.6 is 0 Å². The van der Waals surface area contributed by atoms with Crippen molar-refractivity contribution >= 4 is 49.6 Å². The number of fused-ring (bicyclic) bond motifs is 10. The molecule has 1 heterocycles. The number of hydrogen-bond donors (Lipinski definition) is 0. The van der Waals surface area contributed by atoms with Crippen LogP contribution in [0.3, 0.4) is 0 Å². The highest BCUT2D eigenvalue weighted by Crippen LogP contribution is 2.57. The van der Waals surface area contributed by atoms with Gasteiger partial charge in [0.2, 0.25) is 0 Å². The first-order valence-corrected chi connectivity index (χ1v) is 33.8. The first-order chi connectivity index (χ1) is 47.5. The van der Waals surface area contributed by atoms with Crippen molar-refractivity contribution in [3.63, 3.8) is 0 Å². The van der Waals surface area contributed by atoms with E-state index < -0.39 is 10.8 Å². The quantitative estimate of drug-likeness (QED) is 0.0395. The molecule has 0 unspecified atom stereocenters. The molecule has 14 rings (SSSR count). The number of anilines is 3. The predicted molar refractivity (Wildman–Crippen MR) is 391 cm³/mol. The van der Waals surface area contributed by atoms with Crippen LogP contribution in [0, 0.1) is 0 Å². The Balaban J connectivity index is 0.934. The molecule has 12 aromatic rings. The molecule has 0 N–H and O–H groups in total. The molecule has 0 saturated carbocycles. The summed E-state index contributed by atoms with van der Waals surface area (Å²) in [5, 5.41) is 4.88. The number of para-hydroxylation sites is 1. The zero-order valence-corrected chi connectivity index (χ0v) is 55.6. The van der Waals surface area contributed by atoms with Crippen molar-refractivity contribution < 1.29 is 37.9 Å². The third-order valence-corrected chi connectivity index (χ3v) is 20.0. The van der Waals surface area contributed by atoms with E-state index in [9.17, 15) is 0 Å². The molecule has 10 heteroatoms. The van der Waals surface area contributed by atoms with E-state index in [4.69, 9.17) is 37.9 Å². The third kappa shape index (κ3) is 12.5. The van der Waals surface area contributed by atoms with Crippen LogP contribution in [0.4, 0.5) is 17.1 Å². The summed E-state index contributed by atoms with van der Waals surface area (Å²) in [6.45, 7) is 6.37. The van der Waals surface area contributed by atoms with Crippen molar-refractivity contribution in [2.24, 2.45) is 0 Å². The zero-order valence-electron chi connectivity index (χ0n) is 55.6. The number of nitrogens with zero attached hydrogens (tertiary/aromatic N) is 2. The lowest BCUT2D eigenvalue weighted by Crippen LogP contribution is -2.30. The number of benzene rings is 11. The largest absolute Gasteiger partial charge is 0.382 e. The Labute approximate surface area is 564 Å². The third-order valence-electron chi connectivity index (χ3n) is 20.0. The van der Waals surface area contributed by atoms with E-state index in [1.807, 2.05) is 0 Å². The maximum absolute atomic E-state index is 6.41.